The standard InChI is InChI=1S/C23H20N4O2S/c1-2-4-17(28)11-21-27-20-10-16(14-5-3-8-25-12-14)9-18(22(20)30-21)19-7-6-15(13-26-19)23(24)29/h3,5-10,12-13H,2,4,11H2,1H3,(H2,24,29). The molecule has 0 saturated carbocycles. The van der Waals surface area contributed by atoms with Gasteiger partial charge in [0, 0.05) is 36.1 Å². The molecule has 7 heteroatoms. The lowest BCUT2D eigenvalue weighted by Gasteiger charge is -2.07. The highest BCUT2D eigenvalue weighted by molar-refractivity contribution is 7.19. The van der Waals surface area contributed by atoms with Crippen LogP contribution in [0.15, 0.2) is 55.0 Å². The average molecular weight is 417 g/mol. The molecule has 0 aliphatic rings. The quantitative estimate of drug-likeness (QED) is 0.480. The molecule has 3 aromatic heterocycles. The van der Waals surface area contributed by atoms with Gasteiger partial charge in [-0.3, -0.25) is 19.6 Å². The third-order valence-electron chi connectivity index (χ3n) is 4.73. The summed E-state index contributed by atoms with van der Waals surface area (Å²) < 4.78 is 0.960. The van der Waals surface area contributed by atoms with Crippen LogP contribution in [0.5, 0.6) is 0 Å². The number of rotatable bonds is 7. The fourth-order valence-corrected chi connectivity index (χ4v) is 4.38. The van der Waals surface area contributed by atoms with Crippen molar-refractivity contribution in [3.63, 3.8) is 0 Å². The second-order valence-electron chi connectivity index (χ2n) is 6.98. The minimum Gasteiger partial charge on any atom is -0.366 e. The SMILES string of the molecule is CCCC(=O)Cc1nc2cc(-c3cccnc3)cc(-c3ccc(C(N)=O)cn3)c2s1. The molecular formula is C23H20N4O2S. The summed E-state index contributed by atoms with van der Waals surface area (Å²) in [6, 6.07) is 11.4. The molecular weight excluding hydrogens is 396 g/mol. The molecule has 1 amide bonds. The Morgan fingerprint density at radius 1 is 1.10 bits per heavy atom. The fraction of sp³-hybridized carbons (Fsp3) is 0.174. The van der Waals surface area contributed by atoms with E-state index < -0.39 is 5.91 Å². The Morgan fingerprint density at radius 2 is 1.97 bits per heavy atom. The van der Waals surface area contributed by atoms with E-state index in [0.717, 1.165) is 38.3 Å². The van der Waals surface area contributed by atoms with E-state index in [0.29, 0.717) is 24.1 Å². The molecule has 3 heterocycles. The van der Waals surface area contributed by atoms with Crippen molar-refractivity contribution in [3.8, 4) is 22.4 Å². The van der Waals surface area contributed by atoms with Crippen LogP contribution >= 0.6 is 11.3 Å². The number of nitrogens with zero attached hydrogens (tertiary/aromatic N) is 3. The Bertz CT molecular complexity index is 1220. The van der Waals surface area contributed by atoms with Gasteiger partial charge in [-0.1, -0.05) is 13.0 Å². The number of pyridine rings is 2. The van der Waals surface area contributed by atoms with Crippen LogP contribution in [0.3, 0.4) is 0 Å². The molecule has 0 unspecified atom stereocenters. The Hall–Kier alpha value is -3.45. The molecule has 0 bridgehead atoms. The summed E-state index contributed by atoms with van der Waals surface area (Å²) in [6.07, 6.45) is 6.73. The van der Waals surface area contributed by atoms with Gasteiger partial charge >= 0.3 is 0 Å². The summed E-state index contributed by atoms with van der Waals surface area (Å²) in [7, 11) is 0. The summed E-state index contributed by atoms with van der Waals surface area (Å²) in [5.74, 6) is -0.327. The molecule has 0 atom stereocenters. The van der Waals surface area contributed by atoms with Gasteiger partial charge in [-0.2, -0.15) is 0 Å². The predicted octanol–water partition coefficient (Wildman–Crippen LogP) is 4.43. The van der Waals surface area contributed by atoms with Gasteiger partial charge in [-0.25, -0.2) is 4.98 Å². The van der Waals surface area contributed by atoms with Crippen LogP contribution in [-0.4, -0.2) is 26.6 Å². The number of primary amides is 1. The van der Waals surface area contributed by atoms with Crippen molar-refractivity contribution >= 4 is 33.2 Å². The molecule has 0 aliphatic heterocycles. The maximum Gasteiger partial charge on any atom is 0.250 e. The number of hydrogen-bond acceptors (Lipinski definition) is 6. The van der Waals surface area contributed by atoms with Gasteiger partial charge in [0.15, 0.2) is 0 Å². The molecule has 6 nitrogen and oxygen atoms in total. The van der Waals surface area contributed by atoms with E-state index in [-0.39, 0.29) is 5.78 Å². The number of Topliss-reactive ketones (excluding diaryl/α,β-unsaturated/α-hetero) is 1. The Balaban J connectivity index is 1.85. The molecule has 0 aliphatic carbocycles. The van der Waals surface area contributed by atoms with Crippen LogP contribution in [0.2, 0.25) is 0 Å². The molecule has 2 N–H and O–H groups in total. The van der Waals surface area contributed by atoms with E-state index in [4.69, 9.17) is 10.7 Å². The van der Waals surface area contributed by atoms with Crippen LogP contribution in [0.4, 0.5) is 0 Å². The Labute approximate surface area is 177 Å². The lowest BCUT2D eigenvalue weighted by Crippen LogP contribution is -2.10. The molecule has 0 radical (unpaired) electrons. The summed E-state index contributed by atoms with van der Waals surface area (Å²) >= 11 is 1.51. The van der Waals surface area contributed by atoms with Gasteiger partial charge in [-0.05, 0) is 42.3 Å². The van der Waals surface area contributed by atoms with Crippen molar-refractivity contribution in [3.05, 3.63) is 65.6 Å². The minimum atomic E-state index is -0.516. The number of hydrogen-bond donors (Lipinski definition) is 1. The van der Waals surface area contributed by atoms with Crippen LogP contribution in [-0.2, 0) is 11.2 Å². The van der Waals surface area contributed by atoms with Gasteiger partial charge < -0.3 is 5.73 Å². The number of carbonyl (C=O) groups is 2. The molecule has 4 rings (SSSR count). The molecule has 0 spiro atoms. The lowest BCUT2D eigenvalue weighted by atomic mass is 10.0. The molecule has 4 aromatic rings. The zero-order chi connectivity index (χ0) is 21.1. The number of fused-ring (bicyclic) bond motifs is 1. The van der Waals surface area contributed by atoms with Gasteiger partial charge in [0.05, 0.1) is 27.9 Å². The normalized spacial score (nSPS) is 11.0. The van der Waals surface area contributed by atoms with Crippen molar-refractivity contribution in [2.75, 3.05) is 0 Å². The number of thiazole rings is 1. The lowest BCUT2D eigenvalue weighted by molar-refractivity contribution is -0.118. The zero-order valence-corrected chi connectivity index (χ0v) is 17.3. The molecule has 0 fully saturated rings. The van der Waals surface area contributed by atoms with E-state index in [1.165, 1.54) is 17.5 Å². The Kier molecular flexibility index (Phi) is 5.63. The first kappa shape index (κ1) is 19.8. The number of nitrogens with two attached hydrogens (primary N) is 1. The largest absolute Gasteiger partial charge is 0.366 e. The maximum atomic E-state index is 12.1. The summed E-state index contributed by atoms with van der Waals surface area (Å²) in [5.41, 5.74) is 10.0. The first-order valence-electron chi connectivity index (χ1n) is 9.67. The van der Waals surface area contributed by atoms with Crippen LogP contribution < -0.4 is 5.73 Å². The topological polar surface area (TPSA) is 98.8 Å². The average Bonchev–Trinajstić information content (AvgIpc) is 3.16. The van der Waals surface area contributed by atoms with Crippen molar-refractivity contribution in [1.29, 1.82) is 0 Å². The molecule has 30 heavy (non-hydrogen) atoms. The molecule has 150 valence electrons. The van der Waals surface area contributed by atoms with Gasteiger partial charge in [-0.15, -0.1) is 11.3 Å². The second kappa shape index (κ2) is 8.51. The smallest absolute Gasteiger partial charge is 0.250 e. The van der Waals surface area contributed by atoms with Gasteiger partial charge in [0.2, 0.25) is 5.91 Å². The second-order valence-corrected chi connectivity index (χ2v) is 8.07. The van der Waals surface area contributed by atoms with Crippen molar-refractivity contribution in [2.24, 2.45) is 5.73 Å². The summed E-state index contributed by atoms with van der Waals surface area (Å²) in [4.78, 5) is 36.9. The molecule has 0 saturated heterocycles. The van der Waals surface area contributed by atoms with E-state index in [2.05, 4.69) is 9.97 Å². The zero-order valence-electron chi connectivity index (χ0n) is 16.5. The number of benzene rings is 1. The van der Waals surface area contributed by atoms with Crippen LogP contribution in [0, 0.1) is 0 Å². The predicted molar refractivity (Wildman–Crippen MR) is 118 cm³/mol. The van der Waals surface area contributed by atoms with Gasteiger partial charge in [0.25, 0.3) is 0 Å². The fourth-order valence-electron chi connectivity index (χ4n) is 3.28. The van der Waals surface area contributed by atoms with E-state index in [9.17, 15) is 9.59 Å². The third-order valence-corrected chi connectivity index (χ3v) is 5.83. The van der Waals surface area contributed by atoms with Crippen molar-refractivity contribution in [2.45, 2.75) is 26.2 Å². The van der Waals surface area contributed by atoms with Gasteiger partial charge in [0.1, 0.15) is 10.8 Å². The van der Waals surface area contributed by atoms with Crippen LogP contribution in [0.1, 0.15) is 35.1 Å². The number of ketones is 1. The minimum absolute atomic E-state index is 0.189. The first-order valence-corrected chi connectivity index (χ1v) is 10.5. The molecule has 1 aromatic carbocycles. The van der Waals surface area contributed by atoms with E-state index >= 15 is 0 Å². The van der Waals surface area contributed by atoms with E-state index in [1.54, 1.807) is 24.5 Å². The Morgan fingerprint density at radius 3 is 2.63 bits per heavy atom. The van der Waals surface area contributed by atoms with Crippen molar-refractivity contribution in [1.82, 2.24) is 15.0 Å². The summed E-state index contributed by atoms with van der Waals surface area (Å²) in [6.45, 7) is 2.00. The maximum absolute atomic E-state index is 12.1. The summed E-state index contributed by atoms with van der Waals surface area (Å²) in [5, 5.41) is 0.793. The first-order chi connectivity index (χ1) is 14.5. The van der Waals surface area contributed by atoms with Crippen molar-refractivity contribution < 1.29 is 9.59 Å². The third kappa shape index (κ3) is 4.11. The highest BCUT2D eigenvalue weighted by Crippen LogP contribution is 2.36. The van der Waals surface area contributed by atoms with Crippen LogP contribution in [0.25, 0.3) is 32.6 Å². The highest BCUT2D eigenvalue weighted by Gasteiger charge is 2.16. The van der Waals surface area contributed by atoms with E-state index in [1.807, 2.05) is 31.2 Å². The number of aromatic nitrogens is 3. The highest BCUT2D eigenvalue weighted by atomic mass is 32.1. The number of amides is 1. The monoisotopic (exact) mass is 416 g/mol. The number of carbonyl (C=O) groups excluding carboxylic acids is 2.